The van der Waals surface area contributed by atoms with Crippen LogP contribution in [0.15, 0.2) is 88.0 Å². The monoisotopic (exact) mass is 509 g/mol. The number of rotatable bonds is 5. The van der Waals surface area contributed by atoms with Crippen LogP contribution in [0.3, 0.4) is 0 Å². The first-order chi connectivity index (χ1) is 15.3. The average molecular weight is 511 g/mol. The topological polar surface area (TPSA) is 78.5 Å². The number of hydrogen-bond donors (Lipinski definition) is 2. The molecular weight excluding hydrogens is 494 g/mol. The van der Waals surface area contributed by atoms with E-state index in [0.29, 0.717) is 22.6 Å². The van der Waals surface area contributed by atoms with Gasteiger partial charge < -0.3 is 10.6 Å². The van der Waals surface area contributed by atoms with Crippen molar-refractivity contribution in [1.82, 2.24) is 0 Å². The summed E-state index contributed by atoms with van der Waals surface area (Å²) in [5, 5.41) is 5.51. The van der Waals surface area contributed by atoms with E-state index in [-0.39, 0.29) is 16.6 Å². The number of carbonyl (C=O) groups is 3. The fourth-order valence-electron chi connectivity index (χ4n) is 3.26. The number of carbonyl (C=O) groups excluding carboxylic acids is 3. The molecule has 0 fully saturated rings. The zero-order valence-electron chi connectivity index (χ0n) is 16.9. The first-order valence-corrected chi connectivity index (χ1v) is 10.8. The van der Waals surface area contributed by atoms with Crippen LogP contribution < -0.4 is 15.5 Å². The highest BCUT2D eigenvalue weighted by Gasteiger charge is 2.39. The lowest BCUT2D eigenvalue weighted by Crippen LogP contribution is -2.32. The van der Waals surface area contributed by atoms with Crippen molar-refractivity contribution in [1.29, 1.82) is 0 Å². The van der Waals surface area contributed by atoms with Gasteiger partial charge in [0.05, 0.1) is 5.69 Å². The lowest BCUT2D eigenvalue weighted by molar-refractivity contribution is -0.120. The number of nitrogens with zero attached hydrogens (tertiary/aromatic N) is 1. The van der Waals surface area contributed by atoms with Gasteiger partial charge in [0, 0.05) is 21.4 Å². The number of para-hydroxylation sites is 1. The molecule has 4 rings (SSSR count). The van der Waals surface area contributed by atoms with Crippen molar-refractivity contribution >= 4 is 62.3 Å². The van der Waals surface area contributed by atoms with Crippen LogP contribution in [0.1, 0.15) is 15.9 Å². The molecule has 0 saturated heterocycles. The molecule has 1 aliphatic rings. The molecule has 0 unspecified atom stereocenters. The van der Waals surface area contributed by atoms with Crippen LogP contribution >= 0.6 is 27.5 Å². The van der Waals surface area contributed by atoms with Gasteiger partial charge in [0.15, 0.2) is 0 Å². The number of benzene rings is 3. The Morgan fingerprint density at radius 3 is 2.34 bits per heavy atom. The number of anilines is 3. The van der Waals surface area contributed by atoms with Crippen LogP contribution in [-0.4, -0.2) is 17.7 Å². The number of imide groups is 1. The number of amides is 3. The van der Waals surface area contributed by atoms with Gasteiger partial charge in [-0.05, 0) is 61.0 Å². The lowest BCUT2D eigenvalue weighted by Gasteiger charge is -2.17. The van der Waals surface area contributed by atoms with E-state index in [9.17, 15) is 14.4 Å². The third-order valence-electron chi connectivity index (χ3n) is 4.88. The number of hydrogen-bond acceptors (Lipinski definition) is 4. The predicted octanol–water partition coefficient (Wildman–Crippen LogP) is 5.45. The van der Waals surface area contributed by atoms with Crippen LogP contribution in [0, 0.1) is 6.92 Å². The second kappa shape index (κ2) is 8.98. The number of halogens is 2. The largest absolute Gasteiger partial charge is 0.350 e. The van der Waals surface area contributed by atoms with Gasteiger partial charge in [0.1, 0.15) is 10.7 Å². The second-order valence-electron chi connectivity index (χ2n) is 7.09. The van der Waals surface area contributed by atoms with Crippen molar-refractivity contribution in [2.75, 3.05) is 15.5 Å². The van der Waals surface area contributed by atoms with Crippen molar-refractivity contribution < 1.29 is 14.4 Å². The van der Waals surface area contributed by atoms with Crippen molar-refractivity contribution in [2.24, 2.45) is 0 Å². The summed E-state index contributed by atoms with van der Waals surface area (Å²) in [6.07, 6.45) is 0. The van der Waals surface area contributed by atoms with Gasteiger partial charge in [-0.3, -0.25) is 14.4 Å². The molecule has 6 nitrogen and oxygen atoms in total. The van der Waals surface area contributed by atoms with Gasteiger partial charge in [0.25, 0.3) is 17.7 Å². The van der Waals surface area contributed by atoms with Crippen LogP contribution in [0.2, 0.25) is 0 Å². The number of aryl methyl sites for hydroxylation is 1. The molecule has 0 radical (unpaired) electrons. The third kappa shape index (κ3) is 4.30. The van der Waals surface area contributed by atoms with E-state index in [1.807, 2.05) is 31.2 Å². The van der Waals surface area contributed by atoms with E-state index in [4.69, 9.17) is 11.6 Å². The maximum Gasteiger partial charge on any atom is 0.283 e. The molecule has 0 aliphatic carbocycles. The fourth-order valence-corrected chi connectivity index (χ4v) is 3.74. The number of nitrogens with one attached hydrogen (secondary N) is 2. The molecule has 0 spiro atoms. The van der Waals surface area contributed by atoms with E-state index in [1.54, 1.807) is 48.5 Å². The lowest BCUT2D eigenvalue weighted by atomic mass is 10.1. The Bertz CT molecular complexity index is 1270. The highest BCUT2D eigenvalue weighted by atomic mass is 79.9. The molecule has 3 aromatic rings. The zero-order valence-corrected chi connectivity index (χ0v) is 19.2. The van der Waals surface area contributed by atoms with Crippen LogP contribution in [0.4, 0.5) is 17.1 Å². The van der Waals surface area contributed by atoms with Gasteiger partial charge in [-0.15, -0.1) is 0 Å². The summed E-state index contributed by atoms with van der Waals surface area (Å²) in [6.45, 7) is 1.81. The molecule has 32 heavy (non-hydrogen) atoms. The Labute approximate surface area is 198 Å². The van der Waals surface area contributed by atoms with Crippen molar-refractivity contribution in [3.05, 3.63) is 99.1 Å². The first kappa shape index (κ1) is 21.8. The molecule has 160 valence electrons. The highest BCUT2D eigenvalue weighted by molar-refractivity contribution is 9.10. The minimum Gasteiger partial charge on any atom is -0.350 e. The van der Waals surface area contributed by atoms with E-state index in [1.165, 1.54) is 0 Å². The molecule has 3 amide bonds. The Balaban J connectivity index is 1.55. The minimum atomic E-state index is -0.599. The molecule has 8 heteroatoms. The highest BCUT2D eigenvalue weighted by Crippen LogP contribution is 2.32. The van der Waals surface area contributed by atoms with E-state index >= 15 is 0 Å². The summed E-state index contributed by atoms with van der Waals surface area (Å²) in [4.78, 5) is 39.3. The summed E-state index contributed by atoms with van der Waals surface area (Å²) in [6, 6.07) is 20.9. The van der Waals surface area contributed by atoms with Gasteiger partial charge in [0.2, 0.25) is 0 Å². The SMILES string of the molecule is Cc1ccccc1N1C(=O)C(Cl)=C(Nc2cccc(C(=O)Nc3ccc(Br)cc3)c2)C1=O. The zero-order chi connectivity index (χ0) is 22.8. The quantitative estimate of drug-likeness (QED) is 0.448. The van der Waals surface area contributed by atoms with Gasteiger partial charge in [-0.25, -0.2) is 4.90 Å². The van der Waals surface area contributed by atoms with Crippen LogP contribution in [0.25, 0.3) is 0 Å². The molecule has 0 atom stereocenters. The first-order valence-electron chi connectivity index (χ1n) is 9.63. The normalized spacial score (nSPS) is 13.5. The fraction of sp³-hybridized carbons (Fsp3) is 0.0417. The summed E-state index contributed by atoms with van der Waals surface area (Å²) >= 11 is 9.57. The van der Waals surface area contributed by atoms with Crippen LogP contribution in [0.5, 0.6) is 0 Å². The van der Waals surface area contributed by atoms with Crippen molar-refractivity contribution in [3.8, 4) is 0 Å². The van der Waals surface area contributed by atoms with E-state index in [0.717, 1.165) is 14.9 Å². The van der Waals surface area contributed by atoms with Gasteiger partial charge in [-0.1, -0.05) is 51.8 Å². The average Bonchev–Trinajstić information content (AvgIpc) is 2.99. The molecular formula is C24H17BrClN3O3. The summed E-state index contributed by atoms with van der Waals surface area (Å²) in [5.74, 6) is -1.47. The maximum atomic E-state index is 13.0. The maximum absolute atomic E-state index is 13.0. The smallest absolute Gasteiger partial charge is 0.283 e. The van der Waals surface area contributed by atoms with Crippen molar-refractivity contribution in [3.63, 3.8) is 0 Å². The van der Waals surface area contributed by atoms with Crippen molar-refractivity contribution in [2.45, 2.75) is 6.92 Å². The summed E-state index contributed by atoms with van der Waals surface area (Å²) in [7, 11) is 0. The Hall–Kier alpha value is -3.42. The third-order valence-corrected chi connectivity index (χ3v) is 5.76. The Morgan fingerprint density at radius 1 is 0.906 bits per heavy atom. The van der Waals surface area contributed by atoms with Gasteiger partial charge in [-0.2, -0.15) is 0 Å². The Morgan fingerprint density at radius 2 is 1.62 bits per heavy atom. The Kier molecular flexibility index (Phi) is 6.12. The molecule has 3 aromatic carbocycles. The standard InChI is InChI=1S/C24H17BrClN3O3/c1-14-5-2-3-8-19(14)29-23(31)20(26)21(24(29)32)27-18-7-4-6-15(13-18)22(30)28-17-11-9-16(25)10-12-17/h2-13,27H,1H3,(H,28,30). The molecule has 2 N–H and O–H groups in total. The molecule has 0 aromatic heterocycles. The summed E-state index contributed by atoms with van der Waals surface area (Å²) in [5.41, 5.74) is 2.68. The summed E-state index contributed by atoms with van der Waals surface area (Å²) < 4.78 is 0.905. The molecule has 1 heterocycles. The van der Waals surface area contributed by atoms with E-state index < -0.39 is 11.8 Å². The molecule has 1 aliphatic heterocycles. The van der Waals surface area contributed by atoms with Gasteiger partial charge >= 0.3 is 0 Å². The minimum absolute atomic E-state index is 0.0367. The predicted molar refractivity (Wildman–Crippen MR) is 129 cm³/mol. The second-order valence-corrected chi connectivity index (χ2v) is 8.38. The van der Waals surface area contributed by atoms with E-state index in [2.05, 4.69) is 26.6 Å². The van der Waals surface area contributed by atoms with Crippen LogP contribution in [-0.2, 0) is 9.59 Å². The molecule has 0 saturated carbocycles. The molecule has 0 bridgehead atoms.